The first-order valence-electron chi connectivity index (χ1n) is 6.59. The zero-order valence-corrected chi connectivity index (χ0v) is 12.1. The lowest BCUT2D eigenvalue weighted by molar-refractivity contribution is -0.175. The van der Waals surface area contributed by atoms with Crippen LogP contribution in [0.3, 0.4) is 0 Å². The molecule has 0 aliphatic heterocycles. The normalized spacial score (nSPS) is 11.1. The second kappa shape index (κ2) is 9.14. The molecule has 1 aromatic rings. The van der Waals surface area contributed by atoms with Crippen molar-refractivity contribution in [3.63, 3.8) is 0 Å². The Morgan fingerprint density at radius 3 is 2.41 bits per heavy atom. The van der Waals surface area contributed by atoms with Crippen molar-refractivity contribution in [2.75, 3.05) is 33.5 Å². The summed E-state index contributed by atoms with van der Waals surface area (Å²) in [6.45, 7) is -1.37. The number of alkyl halides is 3. The van der Waals surface area contributed by atoms with Gasteiger partial charge in [0.05, 0.1) is 13.7 Å². The molecule has 0 bridgehead atoms. The Morgan fingerprint density at radius 2 is 1.82 bits per heavy atom. The van der Waals surface area contributed by atoms with E-state index in [-0.39, 0.29) is 0 Å². The molecule has 124 valence electrons. The fourth-order valence-corrected chi connectivity index (χ4v) is 1.47. The lowest BCUT2D eigenvalue weighted by atomic mass is 10.3. The van der Waals surface area contributed by atoms with Crippen LogP contribution >= 0.6 is 0 Å². The predicted octanol–water partition coefficient (Wildman–Crippen LogP) is 2.16. The summed E-state index contributed by atoms with van der Waals surface area (Å²) in [6.07, 6.45) is -3.90. The largest absolute Gasteiger partial charge is 0.497 e. The van der Waals surface area contributed by atoms with E-state index in [0.29, 0.717) is 25.3 Å². The predicted molar refractivity (Wildman–Crippen MR) is 73.0 cm³/mol. The first kappa shape index (κ1) is 18.1. The lowest BCUT2D eigenvalue weighted by Crippen LogP contribution is -2.31. The molecule has 0 spiro atoms. The Morgan fingerprint density at radius 1 is 1.18 bits per heavy atom. The molecule has 8 heteroatoms. The van der Waals surface area contributed by atoms with Gasteiger partial charge >= 0.3 is 6.18 Å². The van der Waals surface area contributed by atoms with Gasteiger partial charge in [0.25, 0.3) is 0 Å². The third-order valence-corrected chi connectivity index (χ3v) is 2.47. The van der Waals surface area contributed by atoms with E-state index in [2.05, 4.69) is 10.1 Å². The van der Waals surface area contributed by atoms with Gasteiger partial charge in [-0.1, -0.05) is 0 Å². The minimum atomic E-state index is -4.42. The molecule has 0 radical (unpaired) electrons. The van der Waals surface area contributed by atoms with Crippen molar-refractivity contribution in [1.82, 2.24) is 5.32 Å². The summed E-state index contributed by atoms with van der Waals surface area (Å²) in [5, 5.41) is 2.44. The highest BCUT2D eigenvalue weighted by atomic mass is 19.4. The van der Waals surface area contributed by atoms with Crippen LogP contribution in [0.2, 0.25) is 0 Å². The van der Waals surface area contributed by atoms with Gasteiger partial charge in [0.15, 0.2) is 0 Å². The zero-order valence-electron chi connectivity index (χ0n) is 12.1. The maximum atomic E-state index is 11.8. The first-order chi connectivity index (χ1) is 10.4. The maximum absolute atomic E-state index is 11.8. The van der Waals surface area contributed by atoms with Gasteiger partial charge in [-0.2, -0.15) is 13.2 Å². The lowest BCUT2D eigenvalue weighted by Gasteiger charge is -2.09. The van der Waals surface area contributed by atoms with E-state index in [1.165, 1.54) is 0 Å². The van der Waals surface area contributed by atoms with E-state index in [4.69, 9.17) is 9.47 Å². The number of carbonyl (C=O) groups excluding carboxylic acids is 1. The van der Waals surface area contributed by atoms with Crippen LogP contribution in [-0.4, -0.2) is 45.6 Å². The Bertz CT molecular complexity index is 448. The summed E-state index contributed by atoms with van der Waals surface area (Å²) in [7, 11) is 1.57. The van der Waals surface area contributed by atoms with Crippen molar-refractivity contribution in [3.05, 3.63) is 24.3 Å². The van der Waals surface area contributed by atoms with Crippen molar-refractivity contribution >= 4 is 5.91 Å². The van der Waals surface area contributed by atoms with Crippen molar-refractivity contribution in [1.29, 1.82) is 0 Å². The average Bonchev–Trinajstić information content (AvgIpc) is 2.46. The maximum Gasteiger partial charge on any atom is 0.411 e. The van der Waals surface area contributed by atoms with Gasteiger partial charge in [0.2, 0.25) is 5.91 Å². The number of ether oxygens (including phenoxy) is 3. The summed E-state index contributed by atoms with van der Waals surface area (Å²) in [5.74, 6) is 0.799. The standard InChI is InChI=1S/C14H18F3NO4/c1-20-11-3-5-12(6-4-11)22-8-2-7-18-13(19)9-21-10-14(15,16)17/h3-6H,2,7-10H2,1H3,(H,18,19). The Labute approximate surface area is 126 Å². The minimum absolute atomic E-state index is 0.296. The fraction of sp³-hybridized carbons (Fsp3) is 0.500. The molecule has 0 heterocycles. The Kier molecular flexibility index (Phi) is 7.51. The second-order valence-corrected chi connectivity index (χ2v) is 4.34. The highest BCUT2D eigenvalue weighted by Crippen LogP contribution is 2.17. The molecular weight excluding hydrogens is 303 g/mol. The van der Waals surface area contributed by atoms with E-state index in [9.17, 15) is 18.0 Å². The summed E-state index contributed by atoms with van der Waals surface area (Å²) in [6, 6.07) is 7.02. The number of hydrogen-bond acceptors (Lipinski definition) is 4. The van der Waals surface area contributed by atoms with Crippen LogP contribution in [0.5, 0.6) is 11.5 Å². The van der Waals surface area contributed by atoms with E-state index >= 15 is 0 Å². The minimum Gasteiger partial charge on any atom is -0.497 e. The highest BCUT2D eigenvalue weighted by molar-refractivity contribution is 5.77. The number of rotatable bonds is 9. The fourth-order valence-electron chi connectivity index (χ4n) is 1.47. The van der Waals surface area contributed by atoms with Gasteiger partial charge in [0.1, 0.15) is 24.7 Å². The number of halogens is 3. The number of benzene rings is 1. The molecule has 1 aromatic carbocycles. The number of methoxy groups -OCH3 is 1. The summed E-state index contributed by atoms with van der Waals surface area (Å²) >= 11 is 0. The summed E-state index contributed by atoms with van der Waals surface area (Å²) in [5.41, 5.74) is 0. The molecule has 0 atom stereocenters. The van der Waals surface area contributed by atoms with E-state index < -0.39 is 25.3 Å². The van der Waals surface area contributed by atoms with Crippen LogP contribution < -0.4 is 14.8 Å². The van der Waals surface area contributed by atoms with E-state index in [0.717, 1.165) is 5.75 Å². The Hall–Kier alpha value is -1.96. The average molecular weight is 321 g/mol. The molecule has 0 aromatic heterocycles. The van der Waals surface area contributed by atoms with Gasteiger partial charge in [-0.05, 0) is 30.7 Å². The first-order valence-corrected chi connectivity index (χ1v) is 6.59. The quantitative estimate of drug-likeness (QED) is 0.708. The van der Waals surface area contributed by atoms with Crippen molar-refractivity contribution in [2.45, 2.75) is 12.6 Å². The molecule has 0 saturated carbocycles. The van der Waals surface area contributed by atoms with Crippen LogP contribution in [0, 0.1) is 0 Å². The van der Waals surface area contributed by atoms with Gasteiger partial charge in [-0.3, -0.25) is 4.79 Å². The van der Waals surface area contributed by atoms with Gasteiger partial charge < -0.3 is 19.5 Å². The highest BCUT2D eigenvalue weighted by Gasteiger charge is 2.27. The molecule has 0 aliphatic rings. The van der Waals surface area contributed by atoms with E-state index in [1.807, 2.05) is 0 Å². The third kappa shape index (κ3) is 8.35. The molecule has 0 unspecified atom stereocenters. The van der Waals surface area contributed by atoms with Crippen LogP contribution in [0.4, 0.5) is 13.2 Å². The zero-order chi connectivity index (χ0) is 16.4. The molecule has 0 fully saturated rings. The third-order valence-electron chi connectivity index (χ3n) is 2.47. The van der Waals surface area contributed by atoms with Gasteiger partial charge in [-0.25, -0.2) is 0 Å². The smallest absolute Gasteiger partial charge is 0.411 e. The molecule has 1 N–H and O–H groups in total. The van der Waals surface area contributed by atoms with Crippen LogP contribution in [-0.2, 0) is 9.53 Å². The topological polar surface area (TPSA) is 56.8 Å². The summed E-state index contributed by atoms with van der Waals surface area (Å²) < 4.78 is 50.0. The van der Waals surface area contributed by atoms with Crippen LogP contribution in [0.1, 0.15) is 6.42 Å². The number of carbonyl (C=O) groups is 1. The molecule has 0 saturated heterocycles. The van der Waals surface area contributed by atoms with Crippen molar-refractivity contribution in [2.24, 2.45) is 0 Å². The van der Waals surface area contributed by atoms with E-state index in [1.54, 1.807) is 31.4 Å². The van der Waals surface area contributed by atoms with Crippen LogP contribution in [0.25, 0.3) is 0 Å². The number of hydrogen-bond donors (Lipinski definition) is 1. The van der Waals surface area contributed by atoms with Crippen molar-refractivity contribution < 1.29 is 32.2 Å². The number of amides is 1. The molecule has 5 nitrogen and oxygen atoms in total. The molecule has 1 rings (SSSR count). The monoisotopic (exact) mass is 321 g/mol. The van der Waals surface area contributed by atoms with Gasteiger partial charge in [0, 0.05) is 6.54 Å². The second-order valence-electron chi connectivity index (χ2n) is 4.34. The van der Waals surface area contributed by atoms with Crippen LogP contribution in [0.15, 0.2) is 24.3 Å². The number of nitrogens with one attached hydrogen (secondary N) is 1. The SMILES string of the molecule is COc1ccc(OCCCNC(=O)COCC(F)(F)F)cc1. The molecule has 0 aliphatic carbocycles. The molecule has 22 heavy (non-hydrogen) atoms. The molecule has 1 amide bonds. The van der Waals surface area contributed by atoms with Gasteiger partial charge in [-0.15, -0.1) is 0 Å². The molecular formula is C14H18F3NO4. The summed E-state index contributed by atoms with van der Waals surface area (Å²) in [4.78, 5) is 11.2. The van der Waals surface area contributed by atoms with Crippen molar-refractivity contribution in [3.8, 4) is 11.5 Å². The Balaban J connectivity index is 2.06.